The lowest BCUT2D eigenvalue weighted by Gasteiger charge is -2.39. The Hall–Kier alpha value is -1.26. The maximum atomic E-state index is 12.5. The van der Waals surface area contributed by atoms with Crippen LogP contribution in [0.1, 0.15) is 43.0 Å². The maximum absolute atomic E-state index is 12.5. The molecule has 1 fully saturated rings. The number of amides is 1. The van der Waals surface area contributed by atoms with E-state index in [4.69, 9.17) is 23.2 Å². The minimum absolute atomic E-state index is 0.124. The van der Waals surface area contributed by atoms with Crippen molar-refractivity contribution in [3.8, 4) is 0 Å². The first-order valence-corrected chi connectivity index (χ1v) is 7.64. The molecule has 114 valence electrons. The molecule has 0 saturated heterocycles. The van der Waals surface area contributed by atoms with Crippen LogP contribution >= 0.6 is 23.2 Å². The minimum atomic E-state index is -1.25. The molecule has 1 aliphatic carbocycles. The van der Waals surface area contributed by atoms with Crippen molar-refractivity contribution in [3.63, 3.8) is 0 Å². The molecule has 0 heterocycles. The fourth-order valence-corrected chi connectivity index (χ4v) is 3.45. The van der Waals surface area contributed by atoms with Gasteiger partial charge in [-0.2, -0.15) is 0 Å². The van der Waals surface area contributed by atoms with Gasteiger partial charge in [-0.05, 0) is 30.9 Å². The van der Waals surface area contributed by atoms with Crippen molar-refractivity contribution in [1.82, 2.24) is 5.32 Å². The third kappa shape index (κ3) is 3.01. The van der Waals surface area contributed by atoms with Gasteiger partial charge in [0.15, 0.2) is 0 Å². The molecule has 2 N–H and O–H groups in total. The summed E-state index contributed by atoms with van der Waals surface area (Å²) >= 11 is 12.0. The van der Waals surface area contributed by atoms with Crippen LogP contribution < -0.4 is 5.32 Å². The van der Waals surface area contributed by atoms with E-state index < -0.39 is 17.4 Å². The van der Waals surface area contributed by atoms with Crippen LogP contribution in [-0.2, 0) is 4.79 Å². The van der Waals surface area contributed by atoms with Crippen LogP contribution in [0.15, 0.2) is 18.2 Å². The SMILES string of the molecule is CC1CCCCC1(NC(=O)c1c(Cl)cccc1Cl)C(=O)O. The van der Waals surface area contributed by atoms with E-state index in [9.17, 15) is 14.7 Å². The van der Waals surface area contributed by atoms with Crippen LogP contribution in [-0.4, -0.2) is 22.5 Å². The third-order valence-electron chi connectivity index (χ3n) is 4.21. The molecule has 1 aromatic carbocycles. The Kier molecular flexibility index (Phi) is 4.79. The Morgan fingerprint density at radius 3 is 2.43 bits per heavy atom. The van der Waals surface area contributed by atoms with Crippen LogP contribution in [0.25, 0.3) is 0 Å². The van der Waals surface area contributed by atoms with Crippen LogP contribution in [0.2, 0.25) is 10.0 Å². The normalized spacial score (nSPS) is 25.4. The zero-order valence-corrected chi connectivity index (χ0v) is 13.2. The van der Waals surface area contributed by atoms with Crippen molar-refractivity contribution >= 4 is 35.1 Å². The van der Waals surface area contributed by atoms with Gasteiger partial charge in [-0.15, -0.1) is 0 Å². The van der Waals surface area contributed by atoms with Crippen molar-refractivity contribution in [2.45, 2.75) is 38.1 Å². The van der Waals surface area contributed by atoms with Crippen LogP contribution in [0.5, 0.6) is 0 Å². The molecule has 2 rings (SSSR count). The Bertz CT molecular complexity index is 556. The van der Waals surface area contributed by atoms with E-state index in [-0.39, 0.29) is 21.5 Å². The lowest BCUT2D eigenvalue weighted by molar-refractivity contribution is -0.148. The molecule has 0 radical (unpaired) electrons. The number of carbonyl (C=O) groups excluding carboxylic acids is 1. The van der Waals surface area contributed by atoms with Gasteiger partial charge in [0.05, 0.1) is 15.6 Å². The largest absolute Gasteiger partial charge is 0.479 e. The number of carbonyl (C=O) groups is 2. The second-order valence-electron chi connectivity index (χ2n) is 5.47. The van der Waals surface area contributed by atoms with Gasteiger partial charge in [0.25, 0.3) is 5.91 Å². The average Bonchev–Trinajstić information content (AvgIpc) is 2.41. The Morgan fingerprint density at radius 2 is 1.90 bits per heavy atom. The summed E-state index contributed by atoms with van der Waals surface area (Å²) in [5.74, 6) is -1.69. The van der Waals surface area contributed by atoms with Crippen molar-refractivity contribution in [2.24, 2.45) is 5.92 Å². The van der Waals surface area contributed by atoms with Crippen molar-refractivity contribution in [2.75, 3.05) is 0 Å². The molecular formula is C15H17Cl2NO3. The summed E-state index contributed by atoms with van der Waals surface area (Å²) in [6.45, 7) is 1.85. The molecule has 2 unspecified atom stereocenters. The number of carboxylic acids is 1. The minimum Gasteiger partial charge on any atom is -0.479 e. The maximum Gasteiger partial charge on any atom is 0.329 e. The van der Waals surface area contributed by atoms with Gasteiger partial charge in [-0.3, -0.25) is 4.79 Å². The fraction of sp³-hybridized carbons (Fsp3) is 0.467. The molecule has 1 aliphatic rings. The molecular weight excluding hydrogens is 313 g/mol. The summed E-state index contributed by atoms with van der Waals surface area (Å²) in [6.07, 6.45) is 2.92. The van der Waals surface area contributed by atoms with Gasteiger partial charge in [0, 0.05) is 0 Å². The fourth-order valence-electron chi connectivity index (χ4n) is 2.88. The number of aliphatic carboxylic acids is 1. The molecule has 0 bridgehead atoms. The summed E-state index contributed by atoms with van der Waals surface area (Å²) in [7, 11) is 0. The van der Waals surface area contributed by atoms with Crippen molar-refractivity contribution in [1.29, 1.82) is 0 Å². The second-order valence-corrected chi connectivity index (χ2v) is 6.29. The van der Waals surface area contributed by atoms with Crippen molar-refractivity contribution in [3.05, 3.63) is 33.8 Å². The lowest BCUT2D eigenvalue weighted by atomic mass is 9.73. The van der Waals surface area contributed by atoms with E-state index in [0.29, 0.717) is 6.42 Å². The molecule has 4 nitrogen and oxygen atoms in total. The van der Waals surface area contributed by atoms with E-state index >= 15 is 0 Å². The van der Waals surface area contributed by atoms with Crippen LogP contribution in [0.4, 0.5) is 0 Å². The highest BCUT2D eigenvalue weighted by Crippen LogP contribution is 2.35. The zero-order valence-electron chi connectivity index (χ0n) is 11.7. The number of halogens is 2. The van der Waals surface area contributed by atoms with Gasteiger partial charge in [-0.1, -0.05) is 49.0 Å². The molecule has 2 atom stereocenters. The summed E-state index contributed by atoms with van der Waals surface area (Å²) in [5.41, 5.74) is -1.13. The molecule has 6 heteroatoms. The summed E-state index contributed by atoms with van der Waals surface area (Å²) in [5, 5.41) is 12.7. The summed E-state index contributed by atoms with van der Waals surface area (Å²) in [6, 6.07) is 4.75. The van der Waals surface area contributed by atoms with Gasteiger partial charge >= 0.3 is 5.97 Å². The second kappa shape index (κ2) is 6.24. The topological polar surface area (TPSA) is 66.4 Å². The number of nitrogens with one attached hydrogen (secondary N) is 1. The highest BCUT2D eigenvalue weighted by atomic mass is 35.5. The van der Waals surface area contributed by atoms with Crippen LogP contribution in [0, 0.1) is 5.92 Å². The first-order chi connectivity index (χ1) is 9.88. The predicted octanol–water partition coefficient (Wildman–Crippen LogP) is 3.76. The zero-order chi connectivity index (χ0) is 15.6. The lowest BCUT2D eigenvalue weighted by Crippen LogP contribution is -2.60. The number of carboxylic acid groups (broad SMARTS) is 1. The third-order valence-corrected chi connectivity index (χ3v) is 4.84. The Balaban J connectivity index is 2.33. The van der Waals surface area contributed by atoms with Gasteiger partial charge in [-0.25, -0.2) is 4.79 Å². The Morgan fingerprint density at radius 1 is 1.29 bits per heavy atom. The quantitative estimate of drug-likeness (QED) is 0.887. The average molecular weight is 330 g/mol. The van der Waals surface area contributed by atoms with E-state index in [1.807, 2.05) is 6.92 Å². The summed E-state index contributed by atoms with van der Waals surface area (Å²) < 4.78 is 0. The van der Waals surface area contributed by atoms with Crippen LogP contribution in [0.3, 0.4) is 0 Å². The molecule has 21 heavy (non-hydrogen) atoms. The van der Waals surface area contributed by atoms with Crippen molar-refractivity contribution < 1.29 is 14.7 Å². The van der Waals surface area contributed by atoms with Gasteiger partial charge in [0.2, 0.25) is 0 Å². The summed E-state index contributed by atoms with van der Waals surface area (Å²) in [4.78, 5) is 24.2. The number of hydrogen-bond donors (Lipinski definition) is 2. The van der Waals surface area contributed by atoms with E-state index in [1.165, 1.54) is 0 Å². The standard InChI is InChI=1S/C15H17Cl2NO3/c1-9-5-2-3-8-15(9,14(20)21)18-13(19)12-10(16)6-4-7-11(12)17/h4,6-7,9H,2-3,5,8H2,1H3,(H,18,19)(H,20,21). The molecule has 1 amide bonds. The Labute approximate surface area is 133 Å². The number of benzene rings is 1. The molecule has 0 spiro atoms. The predicted molar refractivity (Wildman–Crippen MR) is 81.9 cm³/mol. The van der Waals surface area contributed by atoms with Gasteiger partial charge < -0.3 is 10.4 Å². The van der Waals surface area contributed by atoms with Gasteiger partial charge in [0.1, 0.15) is 5.54 Å². The smallest absolute Gasteiger partial charge is 0.329 e. The van der Waals surface area contributed by atoms with E-state index in [1.54, 1.807) is 18.2 Å². The first kappa shape index (κ1) is 16.1. The first-order valence-electron chi connectivity index (χ1n) is 6.88. The highest BCUT2D eigenvalue weighted by molar-refractivity contribution is 6.39. The monoisotopic (exact) mass is 329 g/mol. The highest BCUT2D eigenvalue weighted by Gasteiger charge is 2.46. The molecule has 1 aromatic rings. The molecule has 0 aromatic heterocycles. The van der Waals surface area contributed by atoms with E-state index in [0.717, 1.165) is 19.3 Å². The number of hydrogen-bond acceptors (Lipinski definition) is 2. The number of rotatable bonds is 3. The van der Waals surface area contributed by atoms with E-state index in [2.05, 4.69) is 5.32 Å². The molecule has 1 saturated carbocycles. The molecule has 0 aliphatic heterocycles.